The maximum Gasteiger partial charge on any atom is 0.422 e. The van der Waals surface area contributed by atoms with E-state index in [9.17, 15) is 13.2 Å². The lowest BCUT2D eigenvalue weighted by Gasteiger charge is -2.20. The van der Waals surface area contributed by atoms with Gasteiger partial charge in [-0.2, -0.15) is 12.7 Å². The van der Waals surface area contributed by atoms with E-state index in [0.29, 0.717) is 0 Å². The number of carbonyl (C=O) groups is 1. The highest BCUT2D eigenvalue weighted by Gasteiger charge is 2.24. The summed E-state index contributed by atoms with van der Waals surface area (Å²) in [5.41, 5.74) is 5.24. The van der Waals surface area contributed by atoms with Crippen molar-refractivity contribution in [3.05, 3.63) is 0 Å². The van der Waals surface area contributed by atoms with E-state index in [1.165, 1.54) is 7.05 Å². The molecular formula is C9H20N4O4S. The zero-order chi connectivity index (χ0) is 14.5. The molecule has 106 valence electrons. The zero-order valence-corrected chi connectivity index (χ0v) is 11.7. The van der Waals surface area contributed by atoms with Gasteiger partial charge in [0.2, 0.25) is 0 Å². The van der Waals surface area contributed by atoms with Crippen LogP contribution in [0, 0.1) is 11.3 Å². The molecule has 0 heterocycles. The average Bonchev–Trinajstić information content (AvgIpc) is 2.14. The van der Waals surface area contributed by atoms with Gasteiger partial charge in [0.25, 0.3) is 0 Å². The van der Waals surface area contributed by atoms with Crippen molar-refractivity contribution in [3.8, 4) is 0 Å². The molecule has 1 atom stereocenters. The van der Waals surface area contributed by atoms with E-state index in [0.717, 1.165) is 4.31 Å². The third-order valence-corrected chi connectivity index (χ3v) is 3.42. The molecule has 0 aromatic carbocycles. The first-order valence-corrected chi connectivity index (χ1v) is 6.79. The second kappa shape index (κ2) is 6.55. The van der Waals surface area contributed by atoms with Crippen molar-refractivity contribution in [2.45, 2.75) is 26.9 Å². The van der Waals surface area contributed by atoms with Crippen molar-refractivity contribution in [1.82, 2.24) is 9.03 Å². The quantitative estimate of drug-likeness (QED) is 0.461. The zero-order valence-electron chi connectivity index (χ0n) is 10.9. The van der Waals surface area contributed by atoms with Crippen LogP contribution in [0.15, 0.2) is 0 Å². The topological polar surface area (TPSA) is 126 Å². The van der Waals surface area contributed by atoms with Crippen LogP contribution < -0.4 is 10.5 Å². The lowest BCUT2D eigenvalue weighted by atomic mass is 10.2. The van der Waals surface area contributed by atoms with Crippen LogP contribution in [0.3, 0.4) is 0 Å². The van der Waals surface area contributed by atoms with Gasteiger partial charge < -0.3 is 10.5 Å². The van der Waals surface area contributed by atoms with Crippen LogP contribution in [0.4, 0.5) is 4.79 Å². The maximum absolute atomic E-state index is 11.7. The SMILES string of the molecule is CC(C)OC(=O)NS(=O)(=O)N(C)CC(C)C(=N)N. The first kappa shape index (κ1) is 16.6. The Morgan fingerprint density at radius 2 is 1.94 bits per heavy atom. The van der Waals surface area contributed by atoms with Gasteiger partial charge in [0.1, 0.15) is 0 Å². The van der Waals surface area contributed by atoms with Crippen LogP contribution in [-0.4, -0.2) is 44.3 Å². The summed E-state index contributed by atoms with van der Waals surface area (Å²) < 4.78 is 30.7. The molecular weight excluding hydrogens is 260 g/mol. The number of amidine groups is 1. The van der Waals surface area contributed by atoms with Crippen molar-refractivity contribution in [2.75, 3.05) is 13.6 Å². The van der Waals surface area contributed by atoms with Crippen molar-refractivity contribution in [2.24, 2.45) is 11.7 Å². The van der Waals surface area contributed by atoms with Gasteiger partial charge in [0.05, 0.1) is 11.9 Å². The van der Waals surface area contributed by atoms with Gasteiger partial charge in [0, 0.05) is 19.5 Å². The summed E-state index contributed by atoms with van der Waals surface area (Å²) in [4.78, 5) is 11.2. The molecule has 0 aliphatic heterocycles. The largest absolute Gasteiger partial charge is 0.446 e. The molecule has 0 aliphatic rings. The molecule has 18 heavy (non-hydrogen) atoms. The fraction of sp³-hybridized carbons (Fsp3) is 0.778. The van der Waals surface area contributed by atoms with Crippen LogP contribution in [0.2, 0.25) is 0 Å². The van der Waals surface area contributed by atoms with Gasteiger partial charge in [-0.15, -0.1) is 0 Å². The number of nitrogens with two attached hydrogens (primary N) is 1. The number of hydrogen-bond acceptors (Lipinski definition) is 5. The van der Waals surface area contributed by atoms with Gasteiger partial charge in [-0.25, -0.2) is 9.52 Å². The first-order valence-electron chi connectivity index (χ1n) is 5.35. The van der Waals surface area contributed by atoms with E-state index >= 15 is 0 Å². The number of ether oxygens (including phenoxy) is 1. The van der Waals surface area contributed by atoms with Gasteiger partial charge in [0.15, 0.2) is 0 Å². The van der Waals surface area contributed by atoms with Crippen molar-refractivity contribution >= 4 is 22.1 Å². The molecule has 0 aliphatic carbocycles. The van der Waals surface area contributed by atoms with Crippen LogP contribution in [0.1, 0.15) is 20.8 Å². The fourth-order valence-corrected chi connectivity index (χ4v) is 1.84. The Balaban J connectivity index is 4.54. The summed E-state index contributed by atoms with van der Waals surface area (Å²) in [5, 5.41) is 7.18. The molecule has 1 amide bonds. The Labute approximate surface area is 107 Å². The number of amides is 1. The third kappa shape index (κ3) is 5.82. The molecule has 0 fully saturated rings. The molecule has 0 spiro atoms. The summed E-state index contributed by atoms with van der Waals surface area (Å²) in [6.07, 6.45) is -1.45. The summed E-state index contributed by atoms with van der Waals surface area (Å²) in [5.74, 6) is -0.561. The van der Waals surface area contributed by atoms with Crippen molar-refractivity contribution in [1.29, 1.82) is 5.41 Å². The minimum absolute atomic E-state index is 0.000372. The van der Waals surface area contributed by atoms with E-state index < -0.39 is 28.3 Å². The molecule has 0 bridgehead atoms. The van der Waals surface area contributed by atoms with E-state index in [4.69, 9.17) is 11.1 Å². The molecule has 0 saturated carbocycles. The summed E-state index contributed by atoms with van der Waals surface area (Å²) in [6.45, 7) is 4.82. The third-order valence-electron chi connectivity index (χ3n) is 2.03. The number of hydrogen-bond donors (Lipinski definition) is 3. The van der Waals surface area contributed by atoms with Crippen molar-refractivity contribution in [3.63, 3.8) is 0 Å². The number of nitrogens with zero attached hydrogens (tertiary/aromatic N) is 1. The lowest BCUT2D eigenvalue weighted by molar-refractivity contribution is 0.121. The van der Waals surface area contributed by atoms with Crippen molar-refractivity contribution < 1.29 is 17.9 Å². The highest BCUT2D eigenvalue weighted by atomic mass is 32.2. The highest BCUT2D eigenvalue weighted by molar-refractivity contribution is 7.87. The van der Waals surface area contributed by atoms with E-state index in [1.807, 2.05) is 0 Å². The maximum atomic E-state index is 11.7. The molecule has 0 aromatic heterocycles. The summed E-state index contributed by atoms with van der Waals surface area (Å²) in [6, 6.07) is 0. The molecule has 9 heteroatoms. The smallest absolute Gasteiger partial charge is 0.422 e. The van der Waals surface area contributed by atoms with Crippen LogP contribution in [0.5, 0.6) is 0 Å². The molecule has 0 rings (SSSR count). The summed E-state index contributed by atoms with van der Waals surface area (Å²) in [7, 11) is -2.69. The van der Waals surface area contributed by atoms with Crippen LogP contribution in [0.25, 0.3) is 0 Å². The normalized spacial score (nSPS) is 13.4. The molecule has 0 radical (unpaired) electrons. The molecule has 0 aromatic rings. The van der Waals surface area contributed by atoms with Gasteiger partial charge in [-0.05, 0) is 13.8 Å². The second-order valence-corrected chi connectivity index (χ2v) is 5.98. The molecule has 8 nitrogen and oxygen atoms in total. The fourth-order valence-electron chi connectivity index (χ4n) is 1.00. The minimum Gasteiger partial charge on any atom is -0.446 e. The highest BCUT2D eigenvalue weighted by Crippen LogP contribution is 2.02. The predicted molar refractivity (Wildman–Crippen MR) is 67.4 cm³/mol. The van der Waals surface area contributed by atoms with Gasteiger partial charge in [-0.3, -0.25) is 5.41 Å². The van der Waals surface area contributed by atoms with Gasteiger partial charge in [-0.1, -0.05) is 6.92 Å². The van der Waals surface area contributed by atoms with E-state index in [-0.39, 0.29) is 12.4 Å². The standard InChI is InChI=1S/C9H20N4O4S/c1-6(2)17-9(14)12-18(15,16)13(4)5-7(3)8(10)11/h6-7H,5H2,1-4H3,(H3,10,11)(H,12,14). The number of carbonyl (C=O) groups excluding carboxylic acids is 1. The average molecular weight is 280 g/mol. The van der Waals surface area contributed by atoms with Crippen LogP contribution >= 0.6 is 0 Å². The summed E-state index contributed by atoms with van der Waals surface area (Å²) >= 11 is 0. The Hall–Kier alpha value is -1.35. The molecule has 4 N–H and O–H groups in total. The van der Waals surface area contributed by atoms with E-state index in [2.05, 4.69) is 4.74 Å². The minimum atomic E-state index is -3.98. The number of rotatable bonds is 6. The Morgan fingerprint density at radius 1 is 1.44 bits per heavy atom. The molecule has 1 unspecified atom stereocenters. The Kier molecular flexibility index (Phi) is 6.06. The van der Waals surface area contributed by atoms with Crippen LogP contribution in [-0.2, 0) is 14.9 Å². The lowest BCUT2D eigenvalue weighted by Crippen LogP contribution is -2.45. The van der Waals surface area contributed by atoms with Gasteiger partial charge >= 0.3 is 16.3 Å². The Morgan fingerprint density at radius 3 is 2.33 bits per heavy atom. The first-order chi connectivity index (χ1) is 8.06. The predicted octanol–water partition coefficient (Wildman–Crippen LogP) is -0.130. The van der Waals surface area contributed by atoms with E-state index in [1.54, 1.807) is 25.5 Å². The monoisotopic (exact) mass is 280 g/mol. The number of nitrogens with one attached hydrogen (secondary N) is 2. The molecule has 0 saturated heterocycles. The Bertz CT molecular complexity index is 407. The second-order valence-electron chi connectivity index (χ2n) is 4.20.